The predicted octanol–water partition coefficient (Wildman–Crippen LogP) is 2.33. The molecule has 0 aliphatic heterocycles. The largest absolute Gasteiger partial charge is 0.453 e. The molecule has 3 heteroatoms. The van der Waals surface area contributed by atoms with Gasteiger partial charge in [-0.3, -0.25) is 0 Å². The van der Waals surface area contributed by atoms with Gasteiger partial charge < -0.3 is 4.74 Å². The molecule has 0 amide bonds. The van der Waals surface area contributed by atoms with Crippen molar-refractivity contribution >= 4 is 17.0 Å². The van der Waals surface area contributed by atoms with Gasteiger partial charge in [-0.1, -0.05) is 5.57 Å². The molecule has 0 radical (unpaired) electrons. The molecule has 0 spiro atoms. The number of ether oxygens (including phenoxy) is 1. The summed E-state index contributed by atoms with van der Waals surface area (Å²) >= 11 is 4.87. The minimum Gasteiger partial charge on any atom is -0.453 e. The second-order valence-corrected chi connectivity index (χ2v) is 2.10. The van der Waals surface area contributed by atoms with E-state index in [9.17, 15) is 4.79 Å². The highest BCUT2D eigenvalue weighted by atomic mass is 35.5. The molecule has 0 aromatic carbocycles. The van der Waals surface area contributed by atoms with E-state index in [1.165, 1.54) is 0 Å². The number of halogens is 1. The molecule has 0 fully saturated rings. The van der Waals surface area contributed by atoms with Crippen LogP contribution in [0.25, 0.3) is 0 Å². The van der Waals surface area contributed by atoms with Gasteiger partial charge in [0.25, 0.3) is 0 Å². The van der Waals surface area contributed by atoms with Crippen LogP contribution in [-0.2, 0) is 4.74 Å². The summed E-state index contributed by atoms with van der Waals surface area (Å²) < 4.78 is 4.42. The first-order chi connectivity index (χ1) is 4.13. The van der Waals surface area contributed by atoms with Crippen molar-refractivity contribution in [2.24, 2.45) is 0 Å². The Labute approximate surface area is 59.5 Å². The van der Waals surface area contributed by atoms with Crippen LogP contribution in [0.15, 0.2) is 12.2 Å². The molecule has 0 aliphatic rings. The number of rotatable bonds is 3. The Morgan fingerprint density at radius 3 is 2.67 bits per heavy atom. The zero-order valence-corrected chi connectivity index (χ0v) is 6.07. The lowest BCUT2D eigenvalue weighted by Crippen LogP contribution is -1.95. The minimum atomic E-state index is -0.753. The van der Waals surface area contributed by atoms with Crippen molar-refractivity contribution in [3.63, 3.8) is 0 Å². The van der Waals surface area contributed by atoms with E-state index in [2.05, 4.69) is 11.3 Å². The normalized spacial score (nSPS) is 8.67. The topological polar surface area (TPSA) is 26.3 Å². The fraction of sp³-hybridized carbons (Fsp3) is 0.500. The summed E-state index contributed by atoms with van der Waals surface area (Å²) in [5.41, 5.74) is 0.226. The van der Waals surface area contributed by atoms with Gasteiger partial charge in [0.15, 0.2) is 0 Å². The van der Waals surface area contributed by atoms with Crippen LogP contribution in [0.4, 0.5) is 4.79 Å². The first-order valence-electron chi connectivity index (χ1n) is 2.59. The second kappa shape index (κ2) is 4.39. The summed E-state index contributed by atoms with van der Waals surface area (Å²) in [5.74, 6) is 0. The average molecular weight is 149 g/mol. The Morgan fingerprint density at radius 2 is 2.33 bits per heavy atom. The average Bonchev–Trinajstić information content (AvgIpc) is 1.63. The van der Waals surface area contributed by atoms with Gasteiger partial charge in [-0.15, -0.1) is 6.58 Å². The first kappa shape index (κ1) is 8.50. The Hall–Kier alpha value is -0.500. The monoisotopic (exact) mass is 148 g/mol. The van der Waals surface area contributed by atoms with Crippen molar-refractivity contribution in [3.05, 3.63) is 12.2 Å². The SMILES string of the molecule is C=C(C)CCOC(=O)Cl. The second-order valence-electron chi connectivity index (χ2n) is 1.79. The standard InChI is InChI=1S/C6H9ClO2/c1-5(2)3-4-9-6(7)8/h1,3-4H2,2H3. The molecule has 0 atom stereocenters. The third-order valence-corrected chi connectivity index (χ3v) is 0.853. The van der Waals surface area contributed by atoms with E-state index in [0.29, 0.717) is 13.0 Å². The van der Waals surface area contributed by atoms with Crippen LogP contribution in [0.1, 0.15) is 13.3 Å². The van der Waals surface area contributed by atoms with E-state index in [-0.39, 0.29) is 0 Å². The van der Waals surface area contributed by atoms with E-state index in [1.807, 2.05) is 6.92 Å². The van der Waals surface area contributed by atoms with Gasteiger partial charge in [-0.2, -0.15) is 0 Å². The van der Waals surface area contributed by atoms with E-state index in [1.54, 1.807) is 0 Å². The summed E-state index contributed by atoms with van der Waals surface area (Å²) in [6.45, 7) is 5.81. The predicted molar refractivity (Wildman–Crippen MR) is 36.6 cm³/mol. The lowest BCUT2D eigenvalue weighted by molar-refractivity contribution is 0.175. The highest BCUT2D eigenvalue weighted by molar-refractivity contribution is 6.61. The quantitative estimate of drug-likeness (QED) is 0.454. The summed E-state index contributed by atoms with van der Waals surface area (Å²) in [7, 11) is 0. The van der Waals surface area contributed by atoms with Crippen molar-refractivity contribution in [3.8, 4) is 0 Å². The van der Waals surface area contributed by atoms with E-state index >= 15 is 0 Å². The van der Waals surface area contributed by atoms with Crippen LogP contribution in [0.5, 0.6) is 0 Å². The molecule has 0 N–H and O–H groups in total. The number of hydrogen-bond acceptors (Lipinski definition) is 2. The van der Waals surface area contributed by atoms with Crippen molar-refractivity contribution in [2.45, 2.75) is 13.3 Å². The van der Waals surface area contributed by atoms with E-state index in [4.69, 9.17) is 11.6 Å². The van der Waals surface area contributed by atoms with Crippen LogP contribution < -0.4 is 0 Å². The number of carbonyl (C=O) groups excluding carboxylic acids is 1. The highest BCUT2D eigenvalue weighted by Gasteiger charge is 1.93. The molecule has 2 nitrogen and oxygen atoms in total. The lowest BCUT2D eigenvalue weighted by Gasteiger charge is -1.97. The van der Waals surface area contributed by atoms with Gasteiger partial charge in [0, 0.05) is 18.0 Å². The Bertz CT molecular complexity index is 106. The van der Waals surface area contributed by atoms with E-state index in [0.717, 1.165) is 5.57 Å². The van der Waals surface area contributed by atoms with Gasteiger partial charge in [-0.25, -0.2) is 4.79 Å². The summed E-state index contributed by atoms with van der Waals surface area (Å²) in [4.78, 5) is 9.94. The molecule has 0 aromatic rings. The maximum atomic E-state index is 9.94. The third kappa shape index (κ3) is 7.50. The maximum Gasteiger partial charge on any atom is 0.403 e. The van der Waals surface area contributed by atoms with Gasteiger partial charge in [-0.05, 0) is 6.92 Å². The molecule has 0 heterocycles. The number of hydrogen-bond donors (Lipinski definition) is 0. The van der Waals surface area contributed by atoms with Crippen LogP contribution in [-0.4, -0.2) is 12.0 Å². The van der Waals surface area contributed by atoms with Crippen molar-refractivity contribution < 1.29 is 9.53 Å². The Balaban J connectivity index is 3.10. The Morgan fingerprint density at radius 1 is 1.78 bits per heavy atom. The molecule has 0 unspecified atom stereocenters. The molecule has 0 aliphatic carbocycles. The molecule has 0 saturated carbocycles. The summed E-state index contributed by atoms with van der Waals surface area (Å²) in [6, 6.07) is 0. The number of carbonyl (C=O) groups is 1. The zero-order valence-electron chi connectivity index (χ0n) is 5.32. The van der Waals surface area contributed by atoms with Crippen molar-refractivity contribution in [2.75, 3.05) is 6.61 Å². The first-order valence-corrected chi connectivity index (χ1v) is 2.97. The van der Waals surface area contributed by atoms with Crippen LogP contribution >= 0.6 is 11.6 Å². The van der Waals surface area contributed by atoms with Gasteiger partial charge in [0.1, 0.15) is 0 Å². The van der Waals surface area contributed by atoms with Gasteiger partial charge in [0.2, 0.25) is 0 Å². The molecule has 9 heavy (non-hydrogen) atoms. The molecule has 52 valence electrons. The van der Waals surface area contributed by atoms with E-state index < -0.39 is 5.43 Å². The van der Waals surface area contributed by atoms with Crippen molar-refractivity contribution in [1.82, 2.24) is 0 Å². The molecular weight excluding hydrogens is 140 g/mol. The molecule has 0 saturated heterocycles. The van der Waals surface area contributed by atoms with Crippen molar-refractivity contribution in [1.29, 1.82) is 0 Å². The van der Waals surface area contributed by atoms with Crippen LogP contribution in [0.3, 0.4) is 0 Å². The van der Waals surface area contributed by atoms with Gasteiger partial charge in [0.05, 0.1) is 6.61 Å². The molecular formula is C6H9ClO2. The highest BCUT2D eigenvalue weighted by Crippen LogP contribution is 1.96. The maximum absolute atomic E-state index is 9.94. The van der Waals surface area contributed by atoms with Crippen LogP contribution in [0, 0.1) is 0 Å². The van der Waals surface area contributed by atoms with Gasteiger partial charge >= 0.3 is 5.43 Å². The summed E-state index contributed by atoms with van der Waals surface area (Å²) in [5, 5.41) is 0. The van der Waals surface area contributed by atoms with Crippen LogP contribution in [0.2, 0.25) is 0 Å². The molecule has 0 rings (SSSR count). The lowest BCUT2D eigenvalue weighted by atomic mass is 10.3. The molecule has 0 aromatic heterocycles. The Kier molecular flexibility index (Phi) is 4.14. The molecule has 0 bridgehead atoms. The fourth-order valence-corrected chi connectivity index (χ4v) is 0.383. The minimum absolute atomic E-state index is 0.331. The zero-order chi connectivity index (χ0) is 7.28. The smallest absolute Gasteiger partial charge is 0.403 e. The third-order valence-electron chi connectivity index (χ3n) is 0.744. The fourth-order valence-electron chi connectivity index (χ4n) is 0.306. The summed E-state index contributed by atoms with van der Waals surface area (Å²) in [6.07, 6.45) is 0.679.